The van der Waals surface area contributed by atoms with Crippen molar-refractivity contribution in [2.45, 2.75) is 26.2 Å². The van der Waals surface area contributed by atoms with Crippen molar-refractivity contribution < 1.29 is 14.5 Å². The first-order valence-corrected chi connectivity index (χ1v) is 7.21. The van der Waals surface area contributed by atoms with Crippen LogP contribution in [0.5, 0.6) is 0 Å². The zero-order chi connectivity index (χ0) is 15.5. The van der Waals surface area contributed by atoms with Gasteiger partial charge in [0.1, 0.15) is 0 Å². The van der Waals surface area contributed by atoms with Crippen LogP contribution in [0.25, 0.3) is 0 Å². The van der Waals surface area contributed by atoms with E-state index in [9.17, 15) is 14.9 Å². The van der Waals surface area contributed by atoms with Crippen molar-refractivity contribution in [2.24, 2.45) is 0 Å². The van der Waals surface area contributed by atoms with Crippen LogP contribution in [0.1, 0.15) is 36.5 Å². The topological polar surface area (TPSA) is 81.5 Å². The number of non-ortho nitro benzene ring substituents is 1. The molecule has 1 N–H and O–H groups in total. The number of hydrogen-bond acceptors (Lipinski definition) is 5. The highest BCUT2D eigenvalue weighted by Gasteiger charge is 2.08. The number of carbonyl (C=O) groups excluding carboxylic acids is 1. The van der Waals surface area contributed by atoms with E-state index in [1.807, 2.05) is 0 Å². The average Bonchev–Trinajstić information content (AvgIpc) is 2.49. The Bertz CT molecular complexity index is 445. The number of rotatable bonds is 11. The van der Waals surface area contributed by atoms with Crippen LogP contribution in [-0.2, 0) is 4.74 Å². The van der Waals surface area contributed by atoms with Crippen molar-refractivity contribution in [3.8, 4) is 0 Å². The summed E-state index contributed by atoms with van der Waals surface area (Å²) in [4.78, 5) is 21.9. The fourth-order valence-corrected chi connectivity index (χ4v) is 1.72. The maximum Gasteiger partial charge on any atom is 0.269 e. The summed E-state index contributed by atoms with van der Waals surface area (Å²) in [5, 5.41) is 13.6. The number of hydrogen-bond donors (Lipinski definition) is 1. The first kappa shape index (κ1) is 17.3. The number of nitrogens with one attached hydrogen (secondary N) is 1. The van der Waals surface area contributed by atoms with Crippen LogP contribution < -0.4 is 5.32 Å². The Morgan fingerprint density at radius 3 is 2.52 bits per heavy atom. The molecule has 0 aliphatic carbocycles. The maximum absolute atomic E-state index is 11.8. The summed E-state index contributed by atoms with van der Waals surface area (Å²) < 4.78 is 5.41. The van der Waals surface area contributed by atoms with Gasteiger partial charge in [-0.25, -0.2) is 0 Å². The second-order valence-corrected chi connectivity index (χ2v) is 4.72. The van der Waals surface area contributed by atoms with Gasteiger partial charge >= 0.3 is 0 Å². The smallest absolute Gasteiger partial charge is 0.269 e. The summed E-state index contributed by atoms with van der Waals surface area (Å²) in [5.74, 6) is -0.0724. The van der Waals surface area contributed by atoms with Crippen molar-refractivity contribution in [3.63, 3.8) is 0 Å². The molecular weight excluding hydrogens is 272 g/mol. The molecule has 0 unspecified atom stereocenters. The van der Waals surface area contributed by atoms with Gasteiger partial charge in [0.25, 0.3) is 5.69 Å². The van der Waals surface area contributed by atoms with Gasteiger partial charge in [-0.2, -0.15) is 0 Å². The molecule has 0 heterocycles. The van der Waals surface area contributed by atoms with Gasteiger partial charge in [-0.05, 0) is 31.5 Å². The Balaban J connectivity index is 2.17. The third-order valence-corrected chi connectivity index (χ3v) is 2.97. The quantitative estimate of drug-likeness (QED) is 0.293. The van der Waals surface area contributed by atoms with Crippen molar-refractivity contribution in [1.29, 1.82) is 0 Å². The summed E-state index contributed by atoms with van der Waals surface area (Å²) in [6.07, 6.45) is 3.06. The van der Waals surface area contributed by atoms with Crippen LogP contribution in [0.3, 0.4) is 0 Å². The van der Waals surface area contributed by atoms with Gasteiger partial charge in [-0.3, -0.25) is 14.9 Å². The zero-order valence-corrected chi connectivity index (χ0v) is 12.3. The Kier molecular flexibility index (Phi) is 8.23. The van der Waals surface area contributed by atoms with E-state index in [1.54, 1.807) is 0 Å². The molecule has 0 bridgehead atoms. The molecule has 6 nitrogen and oxygen atoms in total. The molecule has 0 saturated heterocycles. The summed E-state index contributed by atoms with van der Waals surface area (Å²) in [5.41, 5.74) is 0.469. The van der Waals surface area contributed by atoms with E-state index in [0.717, 1.165) is 25.9 Å². The molecule has 1 aromatic carbocycles. The highest BCUT2D eigenvalue weighted by Crippen LogP contribution is 2.11. The molecule has 6 heteroatoms. The van der Waals surface area contributed by atoms with Gasteiger partial charge in [-0.1, -0.05) is 13.3 Å². The SMILES string of the molecule is CCCCOCCCNCC(=O)c1ccc([N+](=O)[O-])cc1. The maximum atomic E-state index is 11.8. The molecule has 0 amide bonds. The highest BCUT2D eigenvalue weighted by molar-refractivity contribution is 5.97. The van der Waals surface area contributed by atoms with E-state index >= 15 is 0 Å². The summed E-state index contributed by atoms with van der Waals surface area (Å²) in [7, 11) is 0. The van der Waals surface area contributed by atoms with E-state index in [1.165, 1.54) is 24.3 Å². The molecule has 0 aliphatic heterocycles. The van der Waals surface area contributed by atoms with Crippen molar-refractivity contribution in [2.75, 3.05) is 26.3 Å². The van der Waals surface area contributed by atoms with E-state index in [2.05, 4.69) is 12.2 Å². The Hall–Kier alpha value is -1.79. The lowest BCUT2D eigenvalue weighted by Gasteiger charge is -2.05. The van der Waals surface area contributed by atoms with Crippen LogP contribution in [0.2, 0.25) is 0 Å². The molecule has 0 fully saturated rings. The zero-order valence-electron chi connectivity index (χ0n) is 12.3. The second-order valence-electron chi connectivity index (χ2n) is 4.72. The highest BCUT2D eigenvalue weighted by atomic mass is 16.6. The number of carbonyl (C=O) groups is 1. The van der Waals surface area contributed by atoms with Crippen LogP contribution in [0.15, 0.2) is 24.3 Å². The van der Waals surface area contributed by atoms with Gasteiger partial charge in [0.05, 0.1) is 11.5 Å². The van der Waals surface area contributed by atoms with Crippen molar-refractivity contribution in [3.05, 3.63) is 39.9 Å². The Labute approximate surface area is 124 Å². The fraction of sp³-hybridized carbons (Fsp3) is 0.533. The van der Waals surface area contributed by atoms with E-state index in [0.29, 0.717) is 18.7 Å². The number of nitro benzene ring substituents is 1. The Morgan fingerprint density at radius 1 is 1.24 bits per heavy atom. The fourth-order valence-electron chi connectivity index (χ4n) is 1.72. The first-order valence-electron chi connectivity index (χ1n) is 7.21. The molecule has 0 radical (unpaired) electrons. The predicted octanol–water partition coefficient (Wildman–Crippen LogP) is 2.57. The normalized spacial score (nSPS) is 10.5. The molecule has 21 heavy (non-hydrogen) atoms. The lowest BCUT2D eigenvalue weighted by molar-refractivity contribution is -0.384. The number of nitro groups is 1. The molecule has 0 saturated carbocycles. The third kappa shape index (κ3) is 6.97. The minimum Gasteiger partial charge on any atom is -0.381 e. The van der Waals surface area contributed by atoms with E-state index in [-0.39, 0.29) is 18.0 Å². The lowest BCUT2D eigenvalue weighted by atomic mass is 10.1. The van der Waals surface area contributed by atoms with Crippen LogP contribution in [-0.4, -0.2) is 37.0 Å². The van der Waals surface area contributed by atoms with Crippen LogP contribution in [0, 0.1) is 10.1 Å². The average molecular weight is 294 g/mol. The number of ether oxygens (including phenoxy) is 1. The minimum atomic E-state index is -0.481. The van der Waals surface area contributed by atoms with Crippen LogP contribution >= 0.6 is 0 Å². The lowest BCUT2D eigenvalue weighted by Crippen LogP contribution is -2.24. The van der Waals surface area contributed by atoms with E-state index < -0.39 is 4.92 Å². The van der Waals surface area contributed by atoms with Crippen molar-refractivity contribution >= 4 is 11.5 Å². The Morgan fingerprint density at radius 2 is 1.90 bits per heavy atom. The number of benzene rings is 1. The second kappa shape index (κ2) is 10.0. The number of unbranched alkanes of at least 4 members (excludes halogenated alkanes) is 1. The molecule has 1 aromatic rings. The summed E-state index contributed by atoms with van der Waals surface area (Å²) in [6.45, 7) is 4.54. The van der Waals surface area contributed by atoms with Crippen LogP contribution in [0.4, 0.5) is 5.69 Å². The molecule has 1 rings (SSSR count). The molecule has 0 atom stereocenters. The molecule has 0 aromatic heterocycles. The van der Waals surface area contributed by atoms with E-state index in [4.69, 9.17) is 4.74 Å². The predicted molar refractivity (Wildman–Crippen MR) is 80.6 cm³/mol. The molecule has 116 valence electrons. The largest absolute Gasteiger partial charge is 0.381 e. The number of ketones is 1. The van der Waals surface area contributed by atoms with Gasteiger partial charge in [-0.15, -0.1) is 0 Å². The number of Topliss-reactive ketones (excluding diaryl/α,β-unsaturated/α-hetero) is 1. The molecular formula is C15H22N2O4. The first-order chi connectivity index (χ1) is 10.1. The number of nitrogens with zero attached hydrogens (tertiary/aromatic N) is 1. The molecule has 0 spiro atoms. The minimum absolute atomic E-state index is 0.0104. The summed E-state index contributed by atoms with van der Waals surface area (Å²) in [6, 6.07) is 5.65. The summed E-state index contributed by atoms with van der Waals surface area (Å²) >= 11 is 0. The standard InChI is InChI=1S/C15H22N2O4/c1-2-3-10-21-11-4-9-16-12-15(18)13-5-7-14(8-6-13)17(19)20/h5-8,16H,2-4,9-12H2,1H3. The van der Waals surface area contributed by atoms with Crippen molar-refractivity contribution in [1.82, 2.24) is 5.32 Å². The monoisotopic (exact) mass is 294 g/mol. The van der Waals surface area contributed by atoms with Gasteiger partial charge in [0, 0.05) is 30.9 Å². The van der Waals surface area contributed by atoms with Gasteiger partial charge in [0.15, 0.2) is 5.78 Å². The van der Waals surface area contributed by atoms with Gasteiger partial charge < -0.3 is 10.1 Å². The third-order valence-electron chi connectivity index (χ3n) is 2.97. The molecule has 0 aliphatic rings. The van der Waals surface area contributed by atoms with Gasteiger partial charge in [0.2, 0.25) is 0 Å².